The number of carbonyl (C=O) groups is 1. The van der Waals surface area contributed by atoms with Gasteiger partial charge in [-0.2, -0.15) is 0 Å². The summed E-state index contributed by atoms with van der Waals surface area (Å²) in [5.74, 6) is -0.172. The smallest absolute Gasteiger partial charge is 0.268 e. The molecule has 0 aromatic rings. The van der Waals surface area contributed by atoms with Crippen LogP contribution in [0, 0.1) is 0 Å². The number of aliphatic hydroxyl groups excluding tert-OH is 1. The average Bonchev–Trinajstić information content (AvgIpc) is 3.23. The standard InChI is InChI=1S/C53H105N2O6P/c1-6-8-10-11-12-13-14-15-16-17-18-19-20-21-22-23-24-25-26-27-28-29-30-31-32-33-34-35-36-37-38-39-40-41-42-43-45-47-53(57)54-51(52(56)46-44-9-7-2)50-61-62(58,59)60-49-48-55(3,4)5/h14-15,17-18,51-52,56H,6-13,16,19-50H2,1-5H3,(H-,54,57,58,59)/b15-14-,18-17-. The van der Waals surface area contributed by atoms with Crippen LogP contribution in [0.15, 0.2) is 24.3 Å². The average molecular weight is 897 g/mol. The zero-order valence-electron chi connectivity index (χ0n) is 41.8. The molecule has 0 aromatic carbocycles. The van der Waals surface area contributed by atoms with Crippen LogP contribution in [0.2, 0.25) is 0 Å². The van der Waals surface area contributed by atoms with Crippen molar-refractivity contribution in [1.82, 2.24) is 5.32 Å². The van der Waals surface area contributed by atoms with Gasteiger partial charge in [0.1, 0.15) is 13.2 Å². The van der Waals surface area contributed by atoms with E-state index in [-0.39, 0.29) is 19.1 Å². The number of nitrogens with one attached hydrogen (secondary N) is 1. The molecular formula is C53H105N2O6P. The van der Waals surface area contributed by atoms with Crippen molar-refractivity contribution in [3.05, 3.63) is 24.3 Å². The minimum Gasteiger partial charge on any atom is -0.756 e. The summed E-state index contributed by atoms with van der Waals surface area (Å²) in [5.41, 5.74) is 0. The van der Waals surface area contributed by atoms with Gasteiger partial charge in [0.15, 0.2) is 0 Å². The number of hydrogen-bond donors (Lipinski definition) is 2. The number of hydrogen-bond acceptors (Lipinski definition) is 6. The van der Waals surface area contributed by atoms with E-state index in [1.54, 1.807) is 0 Å². The van der Waals surface area contributed by atoms with E-state index in [1.807, 2.05) is 21.1 Å². The first-order valence-electron chi connectivity index (χ1n) is 26.7. The summed E-state index contributed by atoms with van der Waals surface area (Å²) in [7, 11) is 1.31. The first kappa shape index (κ1) is 61.0. The highest BCUT2D eigenvalue weighted by atomic mass is 31.2. The molecule has 0 spiro atoms. The van der Waals surface area contributed by atoms with Gasteiger partial charge in [0, 0.05) is 6.42 Å². The highest BCUT2D eigenvalue weighted by molar-refractivity contribution is 7.45. The highest BCUT2D eigenvalue weighted by Gasteiger charge is 2.24. The Labute approximate surface area is 385 Å². The number of likely N-dealkylation sites (N-methyl/N-ethyl adjacent to an activating group) is 1. The monoisotopic (exact) mass is 897 g/mol. The largest absolute Gasteiger partial charge is 0.756 e. The van der Waals surface area contributed by atoms with Crippen molar-refractivity contribution >= 4 is 13.7 Å². The van der Waals surface area contributed by atoms with Crippen molar-refractivity contribution in [1.29, 1.82) is 0 Å². The summed E-state index contributed by atoms with van der Waals surface area (Å²) < 4.78 is 23.0. The van der Waals surface area contributed by atoms with Gasteiger partial charge < -0.3 is 28.8 Å². The Morgan fingerprint density at radius 3 is 1.34 bits per heavy atom. The molecule has 0 aromatic heterocycles. The van der Waals surface area contributed by atoms with Crippen LogP contribution in [0.25, 0.3) is 0 Å². The highest BCUT2D eigenvalue weighted by Crippen LogP contribution is 2.38. The summed E-state index contributed by atoms with van der Waals surface area (Å²) in [4.78, 5) is 25.0. The summed E-state index contributed by atoms with van der Waals surface area (Å²) >= 11 is 0. The molecule has 0 saturated heterocycles. The number of rotatable bonds is 49. The van der Waals surface area contributed by atoms with E-state index in [4.69, 9.17) is 9.05 Å². The van der Waals surface area contributed by atoms with Crippen LogP contribution < -0.4 is 10.2 Å². The fourth-order valence-corrected chi connectivity index (χ4v) is 8.68. The van der Waals surface area contributed by atoms with E-state index in [0.29, 0.717) is 23.9 Å². The summed E-state index contributed by atoms with van der Waals surface area (Å²) in [6.07, 6.45) is 56.2. The van der Waals surface area contributed by atoms with Gasteiger partial charge in [-0.25, -0.2) is 0 Å². The third kappa shape index (κ3) is 47.0. The van der Waals surface area contributed by atoms with Crippen LogP contribution in [-0.4, -0.2) is 68.5 Å². The van der Waals surface area contributed by atoms with E-state index in [1.165, 1.54) is 186 Å². The molecule has 2 N–H and O–H groups in total. The zero-order valence-corrected chi connectivity index (χ0v) is 42.7. The Kier molecular flexibility index (Phi) is 44.4. The van der Waals surface area contributed by atoms with Gasteiger partial charge in [0.25, 0.3) is 7.82 Å². The van der Waals surface area contributed by atoms with Gasteiger partial charge >= 0.3 is 0 Å². The lowest BCUT2D eigenvalue weighted by atomic mass is 10.0. The molecule has 9 heteroatoms. The number of phosphoric acid groups is 1. The summed E-state index contributed by atoms with van der Waals surface area (Å²) in [6.45, 7) is 4.55. The van der Waals surface area contributed by atoms with Crippen molar-refractivity contribution in [2.75, 3.05) is 40.9 Å². The molecule has 0 heterocycles. The number of allylic oxidation sites excluding steroid dienone is 4. The third-order valence-corrected chi connectivity index (χ3v) is 13.2. The molecule has 0 aliphatic heterocycles. The van der Waals surface area contributed by atoms with E-state index in [2.05, 4.69) is 43.5 Å². The summed E-state index contributed by atoms with van der Waals surface area (Å²) in [5, 5.41) is 13.6. The van der Waals surface area contributed by atoms with Gasteiger partial charge in [-0.1, -0.05) is 231 Å². The maximum absolute atomic E-state index is 12.7. The second kappa shape index (κ2) is 45.1. The second-order valence-electron chi connectivity index (χ2n) is 19.6. The van der Waals surface area contributed by atoms with Crippen LogP contribution in [0.5, 0.6) is 0 Å². The lowest BCUT2D eigenvalue weighted by Gasteiger charge is -2.30. The molecule has 8 nitrogen and oxygen atoms in total. The molecule has 0 saturated carbocycles. The lowest BCUT2D eigenvalue weighted by Crippen LogP contribution is -2.46. The maximum atomic E-state index is 12.7. The van der Waals surface area contributed by atoms with Gasteiger partial charge in [0.2, 0.25) is 5.91 Å². The minimum atomic E-state index is -4.54. The SMILES string of the molecule is CCCCCCC/C=C\C/C=C\CCCCCCCCCCCCCCCCCCCCCCCCCCCC(=O)NC(COP(=O)([O-])OCC[N+](C)(C)C)C(O)CCCCC. The van der Waals surface area contributed by atoms with Gasteiger partial charge in [0.05, 0.1) is 39.9 Å². The third-order valence-electron chi connectivity index (χ3n) is 12.2. The molecule has 368 valence electrons. The predicted molar refractivity (Wildman–Crippen MR) is 265 cm³/mol. The Bertz CT molecular complexity index is 1060. The number of aliphatic hydroxyl groups is 1. The number of carbonyl (C=O) groups excluding carboxylic acids is 1. The molecule has 0 bridgehead atoms. The molecule has 0 rings (SSSR count). The summed E-state index contributed by atoms with van der Waals surface area (Å²) in [6, 6.07) is -0.792. The number of nitrogens with zero attached hydrogens (tertiary/aromatic N) is 1. The molecule has 0 radical (unpaired) electrons. The number of phosphoric ester groups is 1. The van der Waals surface area contributed by atoms with E-state index in [0.717, 1.165) is 44.9 Å². The van der Waals surface area contributed by atoms with Gasteiger partial charge in [-0.15, -0.1) is 0 Å². The van der Waals surface area contributed by atoms with Crippen molar-refractivity contribution in [3.8, 4) is 0 Å². The zero-order chi connectivity index (χ0) is 45.7. The maximum Gasteiger partial charge on any atom is 0.268 e. The normalized spacial score (nSPS) is 14.2. The lowest BCUT2D eigenvalue weighted by molar-refractivity contribution is -0.870. The van der Waals surface area contributed by atoms with Crippen LogP contribution in [0.3, 0.4) is 0 Å². The van der Waals surface area contributed by atoms with E-state index < -0.39 is 20.0 Å². The van der Waals surface area contributed by atoms with Crippen molar-refractivity contribution in [3.63, 3.8) is 0 Å². The Morgan fingerprint density at radius 1 is 0.565 bits per heavy atom. The minimum absolute atomic E-state index is 0.0126. The fraction of sp³-hybridized carbons (Fsp3) is 0.906. The number of unbranched alkanes of at least 4 members (excludes halogenated alkanes) is 32. The Morgan fingerprint density at radius 2 is 0.935 bits per heavy atom. The number of amides is 1. The fourth-order valence-electron chi connectivity index (χ4n) is 7.95. The van der Waals surface area contributed by atoms with E-state index >= 15 is 0 Å². The molecule has 62 heavy (non-hydrogen) atoms. The van der Waals surface area contributed by atoms with Crippen LogP contribution in [0.4, 0.5) is 0 Å². The van der Waals surface area contributed by atoms with Crippen LogP contribution >= 0.6 is 7.82 Å². The molecule has 0 aliphatic carbocycles. The van der Waals surface area contributed by atoms with Crippen LogP contribution in [-0.2, 0) is 18.4 Å². The quantitative estimate of drug-likeness (QED) is 0.0273. The topological polar surface area (TPSA) is 108 Å². The molecule has 3 unspecified atom stereocenters. The van der Waals surface area contributed by atoms with Crippen molar-refractivity contribution in [2.24, 2.45) is 0 Å². The van der Waals surface area contributed by atoms with Crippen LogP contribution in [0.1, 0.15) is 258 Å². The number of quaternary nitrogens is 1. The molecule has 0 aliphatic rings. The molecule has 3 atom stereocenters. The van der Waals surface area contributed by atoms with Gasteiger partial charge in [-0.05, 0) is 44.9 Å². The van der Waals surface area contributed by atoms with E-state index in [9.17, 15) is 19.4 Å². The van der Waals surface area contributed by atoms with Gasteiger partial charge in [-0.3, -0.25) is 9.36 Å². The molecule has 0 fully saturated rings. The van der Waals surface area contributed by atoms with Crippen molar-refractivity contribution in [2.45, 2.75) is 270 Å². The first-order valence-corrected chi connectivity index (χ1v) is 28.1. The Hall–Kier alpha value is -1.02. The molecular weight excluding hydrogens is 792 g/mol. The first-order chi connectivity index (χ1) is 30.0. The second-order valence-corrected chi connectivity index (χ2v) is 21.0. The van der Waals surface area contributed by atoms with Crippen molar-refractivity contribution < 1.29 is 32.9 Å². The Balaban J connectivity index is 3.61. The predicted octanol–water partition coefficient (Wildman–Crippen LogP) is 15.0. The molecule has 1 amide bonds.